The standard InChI is InChI=1S/C4H4N2O2S/c1-3(7)8-4-2-5-6-9-4/h2H,1H3. The SMILES string of the molecule is CC(=O)Oc1cnns1. The molecule has 0 aliphatic heterocycles. The topological polar surface area (TPSA) is 52.1 Å². The summed E-state index contributed by atoms with van der Waals surface area (Å²) < 4.78 is 8.10. The fraction of sp³-hybridized carbons (Fsp3) is 0.250. The Morgan fingerprint density at radius 1 is 1.89 bits per heavy atom. The van der Waals surface area contributed by atoms with Crippen LogP contribution in [0.1, 0.15) is 6.92 Å². The Bertz CT molecular complexity index is 196. The van der Waals surface area contributed by atoms with Crippen LogP contribution in [-0.4, -0.2) is 15.6 Å². The van der Waals surface area contributed by atoms with Gasteiger partial charge >= 0.3 is 5.97 Å². The van der Waals surface area contributed by atoms with Crippen molar-refractivity contribution in [1.29, 1.82) is 0 Å². The van der Waals surface area contributed by atoms with Gasteiger partial charge in [-0.05, 0) is 0 Å². The van der Waals surface area contributed by atoms with Crippen LogP contribution in [0.15, 0.2) is 6.20 Å². The molecule has 0 aliphatic rings. The van der Waals surface area contributed by atoms with E-state index in [0.717, 1.165) is 11.5 Å². The molecule has 0 unspecified atom stereocenters. The van der Waals surface area contributed by atoms with Gasteiger partial charge in [0.1, 0.15) is 6.20 Å². The summed E-state index contributed by atoms with van der Waals surface area (Å²) >= 11 is 1.05. The third-order valence-electron chi connectivity index (χ3n) is 0.585. The first kappa shape index (κ1) is 6.15. The van der Waals surface area contributed by atoms with Crippen molar-refractivity contribution in [2.45, 2.75) is 6.92 Å². The van der Waals surface area contributed by atoms with Crippen LogP contribution in [0, 0.1) is 0 Å². The average Bonchev–Trinajstić information content (AvgIpc) is 2.15. The summed E-state index contributed by atoms with van der Waals surface area (Å²) in [6.45, 7) is 1.33. The molecule has 1 rings (SSSR count). The summed E-state index contributed by atoms with van der Waals surface area (Å²) in [6.07, 6.45) is 1.39. The van der Waals surface area contributed by atoms with E-state index < -0.39 is 0 Å². The van der Waals surface area contributed by atoms with Crippen molar-refractivity contribution in [3.8, 4) is 5.06 Å². The lowest BCUT2D eigenvalue weighted by Crippen LogP contribution is -1.98. The summed E-state index contributed by atoms with van der Waals surface area (Å²) in [7, 11) is 0. The second-order valence-corrected chi connectivity index (χ2v) is 2.08. The predicted octanol–water partition coefficient (Wildman–Crippen LogP) is 0.463. The minimum absolute atomic E-state index is 0.346. The highest BCUT2D eigenvalue weighted by molar-refractivity contribution is 7.07. The third-order valence-corrected chi connectivity index (χ3v) is 1.13. The van der Waals surface area contributed by atoms with E-state index in [0.29, 0.717) is 5.06 Å². The number of rotatable bonds is 1. The molecule has 0 atom stereocenters. The second kappa shape index (κ2) is 2.54. The maximum absolute atomic E-state index is 10.2. The minimum atomic E-state index is -0.346. The normalized spacial score (nSPS) is 9.00. The number of esters is 1. The van der Waals surface area contributed by atoms with Gasteiger partial charge in [0.2, 0.25) is 5.06 Å². The van der Waals surface area contributed by atoms with Gasteiger partial charge in [-0.2, -0.15) is 0 Å². The van der Waals surface area contributed by atoms with Crippen molar-refractivity contribution in [3.05, 3.63) is 6.20 Å². The largest absolute Gasteiger partial charge is 0.412 e. The van der Waals surface area contributed by atoms with Crippen LogP contribution in [0.4, 0.5) is 0 Å². The van der Waals surface area contributed by atoms with Crippen molar-refractivity contribution in [2.24, 2.45) is 0 Å². The van der Waals surface area contributed by atoms with Crippen molar-refractivity contribution in [2.75, 3.05) is 0 Å². The lowest BCUT2D eigenvalue weighted by atomic mass is 10.8. The Hall–Kier alpha value is -0.970. The van der Waals surface area contributed by atoms with Gasteiger partial charge in [-0.1, -0.05) is 4.49 Å². The van der Waals surface area contributed by atoms with Gasteiger partial charge in [0.05, 0.1) is 0 Å². The summed E-state index contributed by atoms with van der Waals surface area (Å²) in [6, 6.07) is 0. The Morgan fingerprint density at radius 2 is 2.67 bits per heavy atom. The number of nitrogens with zero attached hydrogens (tertiary/aromatic N) is 2. The highest BCUT2D eigenvalue weighted by Crippen LogP contribution is 2.11. The van der Waals surface area contributed by atoms with E-state index in [2.05, 4.69) is 14.3 Å². The van der Waals surface area contributed by atoms with Crippen LogP contribution in [-0.2, 0) is 4.79 Å². The zero-order valence-electron chi connectivity index (χ0n) is 4.70. The fourth-order valence-corrected chi connectivity index (χ4v) is 0.768. The van der Waals surface area contributed by atoms with Crippen LogP contribution in [0.25, 0.3) is 0 Å². The number of hydrogen-bond donors (Lipinski definition) is 0. The molecule has 0 aliphatic carbocycles. The quantitative estimate of drug-likeness (QED) is 0.537. The molecule has 0 fully saturated rings. The number of carbonyl (C=O) groups is 1. The Kier molecular flexibility index (Phi) is 1.74. The summed E-state index contributed by atoms with van der Waals surface area (Å²) in [5.74, 6) is -0.346. The second-order valence-electron chi connectivity index (χ2n) is 1.33. The lowest BCUT2D eigenvalue weighted by molar-refractivity contribution is -0.131. The summed E-state index contributed by atoms with van der Waals surface area (Å²) in [4.78, 5) is 10.2. The summed E-state index contributed by atoms with van der Waals surface area (Å²) in [5, 5.41) is 3.90. The van der Waals surface area contributed by atoms with Gasteiger partial charge in [-0.15, -0.1) is 5.10 Å². The molecule has 0 amide bonds. The monoisotopic (exact) mass is 144 g/mol. The van der Waals surface area contributed by atoms with E-state index in [1.54, 1.807) is 0 Å². The first-order valence-corrected chi connectivity index (χ1v) is 3.02. The van der Waals surface area contributed by atoms with Crippen LogP contribution < -0.4 is 4.74 Å². The number of aromatic nitrogens is 2. The van der Waals surface area contributed by atoms with E-state index in [4.69, 9.17) is 0 Å². The molecule has 1 heterocycles. The molecule has 0 spiro atoms. The summed E-state index contributed by atoms with van der Waals surface area (Å²) in [5.41, 5.74) is 0. The van der Waals surface area contributed by atoms with Gasteiger partial charge < -0.3 is 4.74 Å². The van der Waals surface area contributed by atoms with Crippen molar-refractivity contribution in [1.82, 2.24) is 9.59 Å². The van der Waals surface area contributed by atoms with Gasteiger partial charge in [0.25, 0.3) is 0 Å². The molecule has 0 aromatic carbocycles. The van der Waals surface area contributed by atoms with Crippen LogP contribution >= 0.6 is 11.5 Å². The molecule has 4 nitrogen and oxygen atoms in total. The molecule has 0 saturated carbocycles. The predicted molar refractivity (Wildman–Crippen MR) is 31.2 cm³/mol. The molecule has 0 bridgehead atoms. The smallest absolute Gasteiger partial charge is 0.308 e. The van der Waals surface area contributed by atoms with Crippen LogP contribution in [0.2, 0.25) is 0 Å². The van der Waals surface area contributed by atoms with Gasteiger partial charge in [0.15, 0.2) is 0 Å². The van der Waals surface area contributed by atoms with Gasteiger partial charge in [0, 0.05) is 18.5 Å². The maximum Gasteiger partial charge on any atom is 0.308 e. The average molecular weight is 144 g/mol. The molecule has 9 heavy (non-hydrogen) atoms. The minimum Gasteiger partial charge on any atom is -0.412 e. The van der Waals surface area contributed by atoms with Crippen LogP contribution in [0.3, 0.4) is 0 Å². The molecule has 48 valence electrons. The molecule has 5 heteroatoms. The fourth-order valence-electron chi connectivity index (χ4n) is 0.345. The Labute approximate surface area is 55.6 Å². The highest BCUT2D eigenvalue weighted by atomic mass is 32.1. The third kappa shape index (κ3) is 1.77. The Balaban J connectivity index is 2.58. The van der Waals surface area contributed by atoms with Crippen LogP contribution in [0.5, 0.6) is 5.06 Å². The van der Waals surface area contributed by atoms with E-state index in [9.17, 15) is 4.79 Å². The van der Waals surface area contributed by atoms with E-state index in [1.165, 1.54) is 13.1 Å². The van der Waals surface area contributed by atoms with Gasteiger partial charge in [-0.3, -0.25) is 4.79 Å². The first-order chi connectivity index (χ1) is 4.29. The number of hydrogen-bond acceptors (Lipinski definition) is 5. The zero-order valence-corrected chi connectivity index (χ0v) is 5.51. The van der Waals surface area contributed by atoms with E-state index >= 15 is 0 Å². The van der Waals surface area contributed by atoms with Crippen molar-refractivity contribution >= 4 is 17.5 Å². The molecule has 0 saturated heterocycles. The van der Waals surface area contributed by atoms with E-state index in [1.807, 2.05) is 0 Å². The van der Waals surface area contributed by atoms with Crippen molar-refractivity contribution < 1.29 is 9.53 Å². The zero-order chi connectivity index (χ0) is 6.69. The Morgan fingerprint density at radius 3 is 3.11 bits per heavy atom. The molecular formula is C4H4N2O2S. The highest BCUT2D eigenvalue weighted by Gasteiger charge is 1.97. The number of carbonyl (C=O) groups excluding carboxylic acids is 1. The molecule has 0 radical (unpaired) electrons. The lowest BCUT2D eigenvalue weighted by Gasteiger charge is -1.89. The first-order valence-electron chi connectivity index (χ1n) is 2.25. The number of ether oxygens (including phenoxy) is 1. The molecule has 1 aromatic heterocycles. The molecule has 1 aromatic rings. The van der Waals surface area contributed by atoms with Crippen molar-refractivity contribution in [3.63, 3.8) is 0 Å². The van der Waals surface area contributed by atoms with Gasteiger partial charge in [-0.25, -0.2) is 0 Å². The van der Waals surface area contributed by atoms with E-state index in [-0.39, 0.29) is 5.97 Å². The molecular weight excluding hydrogens is 140 g/mol. The maximum atomic E-state index is 10.2. The molecule has 0 N–H and O–H groups in total.